The van der Waals surface area contributed by atoms with Crippen molar-refractivity contribution < 1.29 is 4.79 Å². The van der Waals surface area contributed by atoms with Crippen LogP contribution in [0.3, 0.4) is 0 Å². The van der Waals surface area contributed by atoms with Crippen LogP contribution in [0.2, 0.25) is 10.0 Å². The number of rotatable bonds is 4. The lowest BCUT2D eigenvalue weighted by molar-refractivity contribution is -0.120. The second-order valence-corrected chi connectivity index (χ2v) is 6.84. The number of amides is 1. The van der Waals surface area contributed by atoms with Crippen molar-refractivity contribution in [2.24, 2.45) is 0 Å². The van der Waals surface area contributed by atoms with Gasteiger partial charge in [-0.25, -0.2) is 4.98 Å². The number of benzene rings is 1. The molecular formula is C18H20Cl2N4O. The summed E-state index contributed by atoms with van der Waals surface area (Å²) in [4.78, 5) is 21.3. The number of pyridine rings is 1. The van der Waals surface area contributed by atoms with Crippen LogP contribution >= 0.6 is 23.2 Å². The molecule has 0 saturated carbocycles. The van der Waals surface area contributed by atoms with Crippen molar-refractivity contribution in [1.29, 1.82) is 0 Å². The molecule has 0 unspecified atom stereocenters. The number of piperazine rings is 1. The average Bonchev–Trinajstić information content (AvgIpc) is 2.65. The lowest BCUT2D eigenvalue weighted by Gasteiger charge is -2.38. The zero-order chi connectivity index (χ0) is 17.8. The van der Waals surface area contributed by atoms with Gasteiger partial charge in [-0.15, -0.1) is 0 Å². The van der Waals surface area contributed by atoms with Crippen LogP contribution in [-0.4, -0.2) is 48.0 Å². The highest BCUT2D eigenvalue weighted by Gasteiger charge is 2.26. The van der Waals surface area contributed by atoms with Gasteiger partial charge in [-0.2, -0.15) is 0 Å². The van der Waals surface area contributed by atoms with Gasteiger partial charge in [0.15, 0.2) is 0 Å². The summed E-state index contributed by atoms with van der Waals surface area (Å²) in [5.41, 5.74) is 0.540. The number of nitrogens with zero attached hydrogens (tertiary/aromatic N) is 3. The molecule has 2 aromatic rings. The Hall–Kier alpha value is -1.82. The fourth-order valence-electron chi connectivity index (χ4n) is 2.88. The molecule has 1 atom stereocenters. The van der Waals surface area contributed by atoms with E-state index < -0.39 is 0 Å². The van der Waals surface area contributed by atoms with Crippen LogP contribution < -0.4 is 10.2 Å². The quantitative estimate of drug-likeness (QED) is 0.883. The molecule has 2 heterocycles. The van der Waals surface area contributed by atoms with Crippen molar-refractivity contribution in [3.8, 4) is 0 Å². The molecule has 5 nitrogen and oxygen atoms in total. The van der Waals surface area contributed by atoms with Crippen molar-refractivity contribution >= 4 is 40.6 Å². The molecule has 0 spiro atoms. The largest absolute Gasteiger partial charge is 0.354 e. The smallest absolute Gasteiger partial charge is 0.241 e. The number of hydrogen-bond donors (Lipinski definition) is 1. The Labute approximate surface area is 157 Å². The number of halogens is 2. The van der Waals surface area contributed by atoms with E-state index in [1.807, 2.05) is 25.1 Å². The predicted molar refractivity (Wildman–Crippen MR) is 103 cm³/mol. The highest BCUT2D eigenvalue weighted by molar-refractivity contribution is 6.35. The van der Waals surface area contributed by atoms with E-state index in [0.717, 1.165) is 32.0 Å². The third kappa shape index (κ3) is 4.42. The molecule has 1 amide bonds. The van der Waals surface area contributed by atoms with Gasteiger partial charge in [-0.05, 0) is 37.3 Å². The van der Waals surface area contributed by atoms with Crippen LogP contribution in [0.1, 0.15) is 6.92 Å². The number of hydrogen-bond acceptors (Lipinski definition) is 4. The Balaban J connectivity index is 1.57. The maximum absolute atomic E-state index is 12.5. The van der Waals surface area contributed by atoms with Gasteiger partial charge in [0.2, 0.25) is 5.91 Å². The summed E-state index contributed by atoms with van der Waals surface area (Å²) in [5, 5.41) is 3.88. The minimum absolute atomic E-state index is 0.0875. The minimum atomic E-state index is -0.249. The van der Waals surface area contributed by atoms with Gasteiger partial charge in [-0.3, -0.25) is 9.69 Å². The molecule has 7 heteroatoms. The van der Waals surface area contributed by atoms with Crippen molar-refractivity contribution in [3.63, 3.8) is 0 Å². The molecule has 1 fully saturated rings. The molecule has 1 aliphatic heterocycles. The topological polar surface area (TPSA) is 48.5 Å². The first kappa shape index (κ1) is 18.0. The number of anilines is 2. The fraction of sp³-hybridized carbons (Fsp3) is 0.333. The molecule has 0 bridgehead atoms. The zero-order valence-electron chi connectivity index (χ0n) is 14.0. The first-order chi connectivity index (χ1) is 12.0. The monoisotopic (exact) mass is 378 g/mol. The lowest BCUT2D eigenvalue weighted by Crippen LogP contribution is -2.53. The van der Waals surface area contributed by atoms with E-state index in [1.54, 1.807) is 24.4 Å². The number of aromatic nitrogens is 1. The summed E-state index contributed by atoms with van der Waals surface area (Å²) < 4.78 is 0. The summed E-state index contributed by atoms with van der Waals surface area (Å²) in [6, 6.07) is 10.7. The van der Waals surface area contributed by atoms with E-state index >= 15 is 0 Å². The van der Waals surface area contributed by atoms with E-state index in [4.69, 9.17) is 23.2 Å². The SMILES string of the molecule is C[C@@H](C(=O)Nc1cc(Cl)ccc1Cl)N1CCN(c2ccccn2)CC1. The lowest BCUT2D eigenvalue weighted by atomic mass is 10.2. The fourth-order valence-corrected chi connectivity index (χ4v) is 3.21. The zero-order valence-corrected chi connectivity index (χ0v) is 15.5. The molecule has 3 rings (SSSR count). The van der Waals surface area contributed by atoms with E-state index in [9.17, 15) is 4.79 Å². The number of carbonyl (C=O) groups is 1. The van der Waals surface area contributed by atoms with Gasteiger partial charge in [0.05, 0.1) is 16.8 Å². The van der Waals surface area contributed by atoms with E-state index in [1.165, 1.54) is 0 Å². The highest BCUT2D eigenvalue weighted by Crippen LogP contribution is 2.26. The normalized spacial score (nSPS) is 16.5. The molecule has 1 aliphatic rings. The summed E-state index contributed by atoms with van der Waals surface area (Å²) in [6.07, 6.45) is 1.80. The molecule has 1 saturated heterocycles. The Morgan fingerprint density at radius 3 is 2.60 bits per heavy atom. The van der Waals surface area contributed by atoms with Crippen molar-refractivity contribution in [3.05, 3.63) is 52.6 Å². The second kappa shape index (κ2) is 8.04. The summed E-state index contributed by atoms with van der Waals surface area (Å²) in [6.45, 7) is 5.19. The first-order valence-corrected chi connectivity index (χ1v) is 8.96. The molecule has 25 heavy (non-hydrogen) atoms. The summed E-state index contributed by atoms with van der Waals surface area (Å²) in [5.74, 6) is 0.889. The van der Waals surface area contributed by atoms with Crippen LogP contribution in [0, 0.1) is 0 Å². The second-order valence-electron chi connectivity index (χ2n) is 6.00. The Bertz CT molecular complexity index is 733. The van der Waals surface area contributed by atoms with Crippen molar-refractivity contribution in [2.75, 3.05) is 36.4 Å². The average molecular weight is 379 g/mol. The van der Waals surface area contributed by atoms with Gasteiger partial charge in [-0.1, -0.05) is 29.3 Å². The summed E-state index contributed by atoms with van der Waals surface area (Å²) in [7, 11) is 0. The summed E-state index contributed by atoms with van der Waals surface area (Å²) >= 11 is 12.1. The first-order valence-electron chi connectivity index (χ1n) is 8.20. The van der Waals surface area contributed by atoms with Crippen molar-refractivity contribution in [1.82, 2.24) is 9.88 Å². The molecule has 1 aromatic heterocycles. The predicted octanol–water partition coefficient (Wildman–Crippen LogP) is 3.54. The third-order valence-corrected chi connectivity index (χ3v) is 4.97. The van der Waals surface area contributed by atoms with Gasteiger partial charge in [0.1, 0.15) is 5.82 Å². The van der Waals surface area contributed by atoms with Crippen LogP contribution in [-0.2, 0) is 4.79 Å². The van der Waals surface area contributed by atoms with E-state index in [2.05, 4.69) is 20.1 Å². The molecule has 132 valence electrons. The van der Waals surface area contributed by atoms with Crippen molar-refractivity contribution in [2.45, 2.75) is 13.0 Å². The highest BCUT2D eigenvalue weighted by atomic mass is 35.5. The Morgan fingerprint density at radius 2 is 1.92 bits per heavy atom. The van der Waals surface area contributed by atoms with Gasteiger partial charge in [0, 0.05) is 37.4 Å². The number of carbonyl (C=O) groups excluding carboxylic acids is 1. The number of nitrogens with one attached hydrogen (secondary N) is 1. The molecular weight excluding hydrogens is 359 g/mol. The molecule has 1 N–H and O–H groups in total. The molecule has 1 aromatic carbocycles. The van der Waals surface area contributed by atoms with Gasteiger partial charge < -0.3 is 10.2 Å². The van der Waals surface area contributed by atoms with Crippen LogP contribution in [0.25, 0.3) is 0 Å². The maximum Gasteiger partial charge on any atom is 0.241 e. The van der Waals surface area contributed by atoms with Gasteiger partial charge in [0.25, 0.3) is 0 Å². The minimum Gasteiger partial charge on any atom is -0.354 e. The molecule has 0 aliphatic carbocycles. The van der Waals surface area contributed by atoms with E-state index in [-0.39, 0.29) is 11.9 Å². The van der Waals surface area contributed by atoms with Crippen LogP contribution in [0.4, 0.5) is 11.5 Å². The molecule has 0 radical (unpaired) electrons. The Morgan fingerprint density at radius 1 is 1.16 bits per heavy atom. The van der Waals surface area contributed by atoms with E-state index in [0.29, 0.717) is 15.7 Å². The van der Waals surface area contributed by atoms with Crippen LogP contribution in [0.15, 0.2) is 42.6 Å². The third-order valence-electron chi connectivity index (χ3n) is 4.40. The van der Waals surface area contributed by atoms with Crippen LogP contribution in [0.5, 0.6) is 0 Å². The van der Waals surface area contributed by atoms with Gasteiger partial charge >= 0.3 is 0 Å². The standard InChI is InChI=1S/C18H20Cl2N4O/c1-13(18(25)22-16-12-14(19)5-6-15(16)20)23-8-10-24(11-9-23)17-4-2-3-7-21-17/h2-7,12-13H,8-11H2,1H3,(H,22,25)/t13-/m0/s1. The maximum atomic E-state index is 12.5. The Kier molecular flexibility index (Phi) is 5.78.